The Bertz CT molecular complexity index is 4870. The summed E-state index contributed by atoms with van der Waals surface area (Å²) >= 11 is 5.60. The second kappa shape index (κ2) is 43.2. The summed E-state index contributed by atoms with van der Waals surface area (Å²) in [5.41, 5.74) is 17.9. The summed E-state index contributed by atoms with van der Waals surface area (Å²) in [6.45, 7) is 14.4. The van der Waals surface area contributed by atoms with Crippen molar-refractivity contribution in [3.63, 3.8) is 0 Å². The molecule has 0 saturated carbocycles. The van der Waals surface area contributed by atoms with Crippen molar-refractivity contribution >= 4 is 118 Å². The number of alkyl halides is 2. The number of aromatic nitrogens is 4. The first-order valence-electron chi connectivity index (χ1n) is 36.1. The van der Waals surface area contributed by atoms with Gasteiger partial charge in [-0.25, -0.2) is 0 Å². The smallest absolute Gasteiger partial charge is 1.00 e. The predicted octanol–water partition coefficient (Wildman–Crippen LogP) is 6.25. The predicted molar refractivity (Wildman–Crippen MR) is 423 cm³/mol. The second-order valence-electron chi connectivity index (χ2n) is 25.7. The third-order valence-electron chi connectivity index (χ3n) is 18.1. The van der Waals surface area contributed by atoms with Crippen LogP contribution in [-0.2, 0) is 84.7 Å². The van der Waals surface area contributed by atoms with Crippen molar-refractivity contribution in [1.82, 2.24) is 0 Å². The normalized spacial score (nSPS) is 11.9. The van der Waals surface area contributed by atoms with Crippen LogP contribution in [0.25, 0.3) is 55.8 Å². The van der Waals surface area contributed by atoms with E-state index in [-0.39, 0.29) is 51.8 Å². The molecule has 107 heavy (non-hydrogen) atoms. The van der Waals surface area contributed by atoms with Gasteiger partial charge in [0, 0.05) is 131 Å². The number of aliphatic hydroxyl groups is 1. The number of hydrogen-bond donors (Lipinski definition) is 5. The van der Waals surface area contributed by atoms with Crippen LogP contribution in [0.1, 0.15) is 77.7 Å². The molecule has 1 aliphatic rings. The zero-order chi connectivity index (χ0) is 75.3. The van der Waals surface area contributed by atoms with E-state index in [1.54, 1.807) is 26.4 Å². The van der Waals surface area contributed by atoms with Gasteiger partial charge in [-0.15, -0.1) is 11.6 Å². The molecule has 1 saturated heterocycles. The topological polar surface area (TPSA) is 181 Å². The summed E-state index contributed by atoms with van der Waals surface area (Å²) in [5, 5.41) is 53.1. The molecule has 13 rings (SSSR count). The summed E-state index contributed by atoms with van der Waals surface area (Å²) in [7, 11) is -1.55. The monoisotopic (exact) mass is 1470 g/mol. The molecule has 5 heterocycles. The second-order valence-corrected chi connectivity index (χ2v) is 25.9. The molecule has 4 aromatic heterocycles. The van der Waals surface area contributed by atoms with Crippen LogP contribution in [-0.4, -0.2) is 115 Å². The average Bonchev–Trinajstić information content (AvgIpc) is 0.771. The van der Waals surface area contributed by atoms with E-state index in [1.807, 2.05) is 128 Å². The van der Waals surface area contributed by atoms with Gasteiger partial charge in [0.15, 0.2) is 51.0 Å². The van der Waals surface area contributed by atoms with Crippen molar-refractivity contribution in [1.29, 1.82) is 0 Å². The van der Waals surface area contributed by atoms with E-state index < -0.39 is 21.4 Å². The molecule has 16 nitrogen and oxygen atoms in total. The van der Waals surface area contributed by atoms with E-state index in [0.717, 1.165) is 108 Å². The van der Waals surface area contributed by atoms with Crippen molar-refractivity contribution in [3.05, 3.63) is 300 Å². The maximum Gasteiger partial charge on any atom is 1.00 e. The van der Waals surface area contributed by atoms with Crippen molar-refractivity contribution in [2.75, 3.05) is 61.0 Å². The number of hydrogen-bond acceptors (Lipinski definition) is 12. The van der Waals surface area contributed by atoms with Gasteiger partial charge in [0.25, 0.3) is 0 Å². The minimum atomic E-state index is -1.59. The van der Waals surface area contributed by atoms with Crippen LogP contribution < -0.4 is 69.7 Å². The van der Waals surface area contributed by atoms with Gasteiger partial charge in [-0.3, -0.25) is 4.39 Å². The molecule has 0 atom stereocenters. The minimum absolute atomic E-state index is 0. The van der Waals surface area contributed by atoms with Gasteiger partial charge < -0.3 is 59.5 Å². The molecule has 1 fully saturated rings. The van der Waals surface area contributed by atoms with Crippen molar-refractivity contribution < 1.29 is 113 Å². The Hall–Kier alpha value is -8.12. The molecule has 5 N–H and O–H groups in total. The first-order chi connectivity index (χ1) is 52.3. The zero-order valence-electron chi connectivity index (χ0n) is 63.2. The average molecular weight is 1470 g/mol. The van der Waals surface area contributed by atoms with Gasteiger partial charge in [0.2, 0.25) is 22.1 Å². The van der Waals surface area contributed by atoms with Gasteiger partial charge in [0.05, 0.1) is 49.9 Å². The molecule has 0 unspecified atom stereocenters. The van der Waals surface area contributed by atoms with Crippen LogP contribution >= 0.6 is 11.6 Å². The van der Waals surface area contributed by atoms with Crippen molar-refractivity contribution in [2.24, 2.45) is 0 Å². The van der Waals surface area contributed by atoms with E-state index in [4.69, 9.17) is 50.9 Å². The van der Waals surface area contributed by atoms with Crippen LogP contribution in [0.3, 0.4) is 0 Å². The standard InChI is InChI=1S/C39H40B2N2O6.C35H40B2N2O6.C9H9Cl.CH3F.Na.H/c1-2-29-11-13-30(14-12-29)27-48-19-6-20-49-28-33-21-32(23-35(24-33)41(46)47)26-43-18-5-10-37-36-9-4-17-42(38(36)15-16-39(37)43)25-31-7-3-8-34(22-31)40(44)45;1-41-36(42-2)30-9-3-8-27(21-30)24-38-14-4-10-32-33-11-5-15-39(35(33)13-12-34(32)38)25-28-20-29(26-43-17-6-16-40)23-31(22-28)37-44-18-7-19-45-37;1-2-8-3-5-9(7-10)6-4-8;1-2;;/h2-5,7-18,21-24,44-47H,1,6,19-20,25-28H2;3-5,8-15,20-23,40H,6-7,16-19,24-26H2,1-2H3;2-6H,1,7H2;1H3;;/q2*+2;;;+1;-1/i;;;1D;;. The van der Waals surface area contributed by atoms with Gasteiger partial charge in [-0.05, 0) is 111 Å². The van der Waals surface area contributed by atoms with Crippen LogP contribution in [0.4, 0.5) is 4.39 Å². The summed E-state index contributed by atoms with van der Waals surface area (Å²) in [4.78, 5) is 0. The van der Waals surface area contributed by atoms with Crippen LogP contribution in [0, 0.1) is 0 Å². The summed E-state index contributed by atoms with van der Waals surface area (Å²) < 4.78 is 64.8. The molecular weight excluding hydrogens is 1380 g/mol. The third kappa shape index (κ3) is 23.5. The Morgan fingerprint density at radius 1 is 0.486 bits per heavy atom. The number of ether oxygens (including phenoxy) is 3. The molecule has 8 aromatic carbocycles. The number of pyridine rings is 4. The van der Waals surface area contributed by atoms with Crippen LogP contribution in [0.5, 0.6) is 0 Å². The number of halogens is 2. The molecule has 544 valence electrons. The fourth-order valence-electron chi connectivity index (χ4n) is 13.0. The van der Waals surface area contributed by atoms with Gasteiger partial charge in [0.1, 0.15) is 0 Å². The number of rotatable bonds is 30. The van der Waals surface area contributed by atoms with E-state index in [9.17, 15) is 24.5 Å². The number of benzene rings is 8. The molecular formula is C84H93B4ClFN4NaO12+4. The molecule has 0 amide bonds. The number of aliphatic hydroxyl groups excluding tert-OH is 1. The number of nitrogens with zero attached hydrogens (tertiary/aromatic N) is 4. The Kier molecular flexibility index (Phi) is 32.8. The van der Waals surface area contributed by atoms with Gasteiger partial charge in [-0.1, -0.05) is 147 Å². The van der Waals surface area contributed by atoms with E-state index in [0.29, 0.717) is 95.7 Å². The SMILES string of the molecule is C=Cc1ccc(CCl)cc1.C=Cc1ccc(COCCCOCc2cc(C[n+]3cccc4c5ccc[n+](Cc6cccc(B(O)O)c6)c5ccc43)cc(B(O)O)c2)cc1.COB(OC)c1cccc(C[n+]2cccc3c4ccc[n+](Cc5cc(COCCCO)cc(B6OCCCO6)c5)c4ccc32)c1.[2H]CF.[H-].[Na+]. The summed E-state index contributed by atoms with van der Waals surface area (Å²) in [5.74, 6) is 0.581. The molecule has 12 aromatic rings. The quantitative estimate of drug-likeness (QED) is 0.0113. The minimum Gasteiger partial charge on any atom is -1.00 e. The maximum atomic E-state index is 10.1. The van der Waals surface area contributed by atoms with E-state index in [1.165, 1.54) is 21.9 Å². The Balaban J connectivity index is 0.000000232. The molecule has 1 aliphatic heterocycles. The van der Waals surface area contributed by atoms with Crippen molar-refractivity contribution in [2.45, 2.75) is 71.1 Å². The van der Waals surface area contributed by atoms with Crippen LogP contribution in [0.15, 0.2) is 244 Å². The molecule has 23 heteroatoms. The Morgan fingerprint density at radius 3 is 1.31 bits per heavy atom. The van der Waals surface area contributed by atoms with Crippen molar-refractivity contribution in [3.8, 4) is 0 Å². The third-order valence-corrected chi connectivity index (χ3v) is 18.4. The summed E-state index contributed by atoms with van der Waals surface area (Å²) in [6.07, 6.45) is 14.2. The van der Waals surface area contributed by atoms with Gasteiger partial charge in [-0.2, -0.15) is 18.3 Å². The Morgan fingerprint density at radius 2 is 0.869 bits per heavy atom. The first-order valence-corrected chi connectivity index (χ1v) is 35.9. The van der Waals surface area contributed by atoms with Crippen LogP contribution in [0.2, 0.25) is 0 Å². The largest absolute Gasteiger partial charge is 1.00 e. The molecule has 0 bridgehead atoms. The van der Waals surface area contributed by atoms with Gasteiger partial charge >= 0.3 is 58.0 Å². The fourth-order valence-corrected chi connectivity index (χ4v) is 13.2. The fraction of sp³-hybridized carbons (Fsp3) is 0.238. The first kappa shape index (κ1) is 81.4. The van der Waals surface area contributed by atoms with E-state index >= 15 is 0 Å². The molecule has 0 aliphatic carbocycles. The zero-order valence-corrected chi connectivity index (χ0v) is 63.9. The van der Waals surface area contributed by atoms with E-state index in [2.05, 4.69) is 135 Å². The molecule has 0 radical (unpaired) electrons. The molecule has 0 spiro atoms. The number of fused-ring (bicyclic) bond motifs is 6. The Labute approximate surface area is 658 Å². The summed E-state index contributed by atoms with van der Waals surface area (Å²) in [6, 6.07) is 69.5. The maximum absolute atomic E-state index is 10.1.